The summed E-state index contributed by atoms with van der Waals surface area (Å²) in [5.74, 6) is 0. The van der Waals surface area contributed by atoms with Gasteiger partial charge in [-0.3, -0.25) is 0 Å². The van der Waals surface area contributed by atoms with E-state index < -0.39 is 0 Å². The smallest absolute Gasteiger partial charge is 0.124 e. The molecule has 4 heteroatoms. The van der Waals surface area contributed by atoms with Gasteiger partial charge in [-0.2, -0.15) is 11.3 Å². The molecular weight excluding hydrogens is 238 g/mol. The van der Waals surface area contributed by atoms with Crippen LogP contribution < -0.4 is 0 Å². The van der Waals surface area contributed by atoms with Crippen LogP contribution in [0.2, 0.25) is 0 Å². The van der Waals surface area contributed by atoms with Crippen LogP contribution in [-0.4, -0.2) is 10.6 Å². The van der Waals surface area contributed by atoms with Gasteiger partial charge in [-0.1, -0.05) is 0 Å². The molecule has 0 aliphatic heterocycles. The predicted octanol–water partition coefficient (Wildman–Crippen LogP) is 4.19. The Morgan fingerprint density at radius 3 is 2.75 bits per heavy atom. The van der Waals surface area contributed by atoms with E-state index in [1.165, 1.54) is 5.56 Å². The fraction of sp³-hybridized carbons (Fsp3) is 0.417. The number of nitrogens with zero attached hydrogens (tertiary/aromatic N) is 1. The van der Waals surface area contributed by atoms with Crippen molar-refractivity contribution in [2.75, 3.05) is 0 Å². The second kappa shape index (κ2) is 4.65. The highest BCUT2D eigenvalue weighted by molar-refractivity contribution is 7.14. The fourth-order valence-electron chi connectivity index (χ4n) is 1.18. The highest BCUT2D eigenvalue weighted by Gasteiger charge is 2.12. The molecule has 0 unspecified atom stereocenters. The molecule has 0 atom stereocenters. The van der Waals surface area contributed by atoms with Crippen molar-refractivity contribution >= 4 is 22.7 Å². The Labute approximate surface area is 104 Å². The zero-order chi connectivity index (χ0) is 11.6. The first-order chi connectivity index (χ1) is 7.54. The zero-order valence-corrected chi connectivity index (χ0v) is 11.3. The van der Waals surface area contributed by atoms with Gasteiger partial charge >= 0.3 is 0 Å². The van der Waals surface area contributed by atoms with E-state index in [0.717, 1.165) is 10.7 Å². The normalized spacial score (nSPS) is 11.9. The van der Waals surface area contributed by atoms with Gasteiger partial charge in [-0.05, 0) is 32.2 Å². The van der Waals surface area contributed by atoms with Crippen LogP contribution in [0, 0.1) is 0 Å². The molecular formula is C12H15NOS2. The van der Waals surface area contributed by atoms with Gasteiger partial charge in [0.1, 0.15) is 5.01 Å². The van der Waals surface area contributed by atoms with Crippen LogP contribution in [0.1, 0.15) is 26.5 Å². The monoisotopic (exact) mass is 253 g/mol. The highest BCUT2D eigenvalue weighted by atomic mass is 32.1. The number of hydrogen-bond donors (Lipinski definition) is 0. The van der Waals surface area contributed by atoms with Crippen molar-refractivity contribution in [1.29, 1.82) is 0 Å². The zero-order valence-electron chi connectivity index (χ0n) is 9.69. The number of thiophene rings is 1. The average molecular weight is 253 g/mol. The van der Waals surface area contributed by atoms with E-state index in [4.69, 9.17) is 4.74 Å². The summed E-state index contributed by atoms with van der Waals surface area (Å²) >= 11 is 3.37. The summed E-state index contributed by atoms with van der Waals surface area (Å²) in [4.78, 5) is 4.56. The van der Waals surface area contributed by atoms with Crippen LogP contribution in [0.15, 0.2) is 22.2 Å². The third kappa shape index (κ3) is 3.14. The van der Waals surface area contributed by atoms with Gasteiger partial charge in [-0.15, -0.1) is 11.3 Å². The van der Waals surface area contributed by atoms with Crippen molar-refractivity contribution in [2.45, 2.75) is 33.0 Å². The average Bonchev–Trinajstić information content (AvgIpc) is 2.84. The molecule has 0 radical (unpaired) electrons. The summed E-state index contributed by atoms with van der Waals surface area (Å²) in [5, 5.41) is 7.34. The Morgan fingerprint density at radius 2 is 2.12 bits per heavy atom. The van der Waals surface area contributed by atoms with Crippen molar-refractivity contribution in [3.8, 4) is 10.6 Å². The summed E-state index contributed by atoms with van der Waals surface area (Å²) in [7, 11) is 0. The van der Waals surface area contributed by atoms with Crippen LogP contribution in [0.4, 0.5) is 0 Å². The third-order valence-electron chi connectivity index (χ3n) is 1.97. The molecule has 16 heavy (non-hydrogen) atoms. The van der Waals surface area contributed by atoms with Gasteiger partial charge in [0, 0.05) is 16.3 Å². The minimum absolute atomic E-state index is 0.105. The highest BCUT2D eigenvalue weighted by Crippen LogP contribution is 2.26. The standard InChI is InChI=1S/C12H15NOS2/c1-12(2,3)14-6-10-8-16-11(13-10)9-4-5-15-7-9/h4-5,7-8H,6H2,1-3H3. The Kier molecular flexibility index (Phi) is 3.42. The molecule has 0 N–H and O–H groups in total. The molecule has 2 aromatic heterocycles. The maximum atomic E-state index is 5.69. The molecule has 0 fully saturated rings. The van der Waals surface area contributed by atoms with E-state index >= 15 is 0 Å². The van der Waals surface area contributed by atoms with Crippen molar-refractivity contribution in [3.05, 3.63) is 27.9 Å². The Balaban J connectivity index is 2.03. The minimum Gasteiger partial charge on any atom is -0.370 e. The molecule has 0 amide bonds. The lowest BCUT2D eigenvalue weighted by Crippen LogP contribution is -2.18. The molecule has 86 valence electrons. The molecule has 2 heterocycles. The van der Waals surface area contributed by atoms with Crippen LogP contribution >= 0.6 is 22.7 Å². The van der Waals surface area contributed by atoms with Gasteiger partial charge in [0.2, 0.25) is 0 Å². The third-order valence-corrected chi connectivity index (χ3v) is 3.60. The SMILES string of the molecule is CC(C)(C)OCc1csc(-c2ccsc2)n1. The van der Waals surface area contributed by atoms with E-state index in [9.17, 15) is 0 Å². The first kappa shape index (κ1) is 11.8. The Bertz CT molecular complexity index is 440. The fourth-order valence-corrected chi connectivity index (χ4v) is 2.70. The topological polar surface area (TPSA) is 22.1 Å². The lowest BCUT2D eigenvalue weighted by molar-refractivity contribution is -0.0162. The second-order valence-electron chi connectivity index (χ2n) is 4.56. The maximum Gasteiger partial charge on any atom is 0.124 e. The van der Waals surface area contributed by atoms with E-state index in [-0.39, 0.29) is 5.60 Å². The molecule has 0 saturated heterocycles. The lowest BCUT2D eigenvalue weighted by atomic mass is 10.2. The van der Waals surface area contributed by atoms with E-state index in [1.807, 2.05) is 0 Å². The molecule has 0 aliphatic rings. The molecule has 0 bridgehead atoms. The Hall–Kier alpha value is -0.710. The van der Waals surface area contributed by atoms with Gasteiger partial charge in [0.05, 0.1) is 17.9 Å². The number of aromatic nitrogens is 1. The summed E-state index contributed by atoms with van der Waals surface area (Å²) in [5.41, 5.74) is 2.12. The van der Waals surface area contributed by atoms with Crippen molar-refractivity contribution in [1.82, 2.24) is 4.98 Å². The predicted molar refractivity (Wildman–Crippen MR) is 70.0 cm³/mol. The number of ether oxygens (including phenoxy) is 1. The summed E-state index contributed by atoms with van der Waals surface area (Å²) in [6, 6.07) is 2.10. The second-order valence-corrected chi connectivity index (χ2v) is 6.20. The molecule has 0 aromatic carbocycles. The number of hydrogen-bond acceptors (Lipinski definition) is 4. The van der Waals surface area contributed by atoms with E-state index in [1.54, 1.807) is 22.7 Å². The summed E-state index contributed by atoms with van der Waals surface area (Å²) in [6.45, 7) is 6.75. The van der Waals surface area contributed by atoms with Crippen molar-refractivity contribution in [3.63, 3.8) is 0 Å². The summed E-state index contributed by atoms with van der Waals surface area (Å²) < 4.78 is 5.69. The molecule has 2 rings (SSSR count). The van der Waals surface area contributed by atoms with Crippen molar-refractivity contribution in [2.24, 2.45) is 0 Å². The summed E-state index contributed by atoms with van der Waals surface area (Å²) in [6.07, 6.45) is 0. The molecule has 0 aliphatic carbocycles. The largest absolute Gasteiger partial charge is 0.370 e. The van der Waals surface area contributed by atoms with Gasteiger partial charge in [-0.25, -0.2) is 4.98 Å². The van der Waals surface area contributed by atoms with Gasteiger partial charge in [0.25, 0.3) is 0 Å². The number of thiazole rings is 1. The Morgan fingerprint density at radius 1 is 1.31 bits per heavy atom. The quantitative estimate of drug-likeness (QED) is 0.818. The van der Waals surface area contributed by atoms with Gasteiger partial charge in [0.15, 0.2) is 0 Å². The molecule has 2 nitrogen and oxygen atoms in total. The maximum absolute atomic E-state index is 5.69. The molecule has 2 aromatic rings. The van der Waals surface area contributed by atoms with Crippen LogP contribution in [0.5, 0.6) is 0 Å². The first-order valence-electron chi connectivity index (χ1n) is 5.15. The van der Waals surface area contributed by atoms with Gasteiger partial charge < -0.3 is 4.74 Å². The number of rotatable bonds is 3. The van der Waals surface area contributed by atoms with Crippen LogP contribution in [0.3, 0.4) is 0 Å². The van der Waals surface area contributed by atoms with Crippen LogP contribution in [0.25, 0.3) is 10.6 Å². The van der Waals surface area contributed by atoms with Crippen molar-refractivity contribution < 1.29 is 4.74 Å². The van der Waals surface area contributed by atoms with Crippen LogP contribution in [-0.2, 0) is 11.3 Å². The van der Waals surface area contributed by atoms with E-state index in [2.05, 4.69) is 48.0 Å². The first-order valence-corrected chi connectivity index (χ1v) is 6.98. The lowest BCUT2D eigenvalue weighted by Gasteiger charge is -2.18. The molecule has 0 spiro atoms. The van der Waals surface area contributed by atoms with E-state index in [0.29, 0.717) is 6.61 Å². The molecule has 0 saturated carbocycles. The minimum atomic E-state index is -0.105.